The molecule has 2 saturated heterocycles. The fourth-order valence-electron chi connectivity index (χ4n) is 6.22. The van der Waals surface area contributed by atoms with Crippen LogP contribution in [0.25, 0.3) is 11.0 Å². The van der Waals surface area contributed by atoms with Gasteiger partial charge in [-0.1, -0.05) is 42.5 Å². The van der Waals surface area contributed by atoms with Crippen LogP contribution in [0.2, 0.25) is 0 Å². The Kier molecular flexibility index (Phi) is 6.95. The average molecular weight is 503 g/mol. The van der Waals surface area contributed by atoms with E-state index < -0.39 is 6.10 Å². The Morgan fingerprint density at radius 3 is 2.65 bits per heavy atom. The highest BCUT2D eigenvalue weighted by molar-refractivity contribution is 5.78. The number of rotatable bonds is 9. The molecular weight excluding hydrogens is 468 g/mol. The van der Waals surface area contributed by atoms with Gasteiger partial charge in [0.1, 0.15) is 6.26 Å². The molecule has 0 radical (unpaired) electrons. The fraction of sp³-hybridized carbons (Fsp3) is 0.448. The van der Waals surface area contributed by atoms with E-state index >= 15 is 0 Å². The van der Waals surface area contributed by atoms with Crippen LogP contribution in [0.15, 0.2) is 66.7 Å². The van der Waals surface area contributed by atoms with Gasteiger partial charge >= 0.3 is 0 Å². The fourth-order valence-corrected chi connectivity index (χ4v) is 6.22. The SMILES string of the molecule is COc1cnc2cccc(C(O)CN3C4CCC3CC(NC(Cc3ccccc3)C3=COCO3)C4)c2n1. The number of hydrogen-bond acceptors (Lipinski definition) is 8. The minimum Gasteiger partial charge on any atom is -0.480 e. The van der Waals surface area contributed by atoms with E-state index in [9.17, 15) is 5.11 Å². The normalized spacial score (nSPS) is 24.8. The number of benzene rings is 2. The maximum Gasteiger partial charge on any atom is 0.232 e. The molecule has 2 bridgehead atoms. The van der Waals surface area contributed by atoms with Crippen molar-refractivity contribution in [2.45, 2.75) is 62.4 Å². The number of nitrogens with one attached hydrogen (secondary N) is 1. The van der Waals surface area contributed by atoms with Crippen LogP contribution in [0.1, 0.15) is 42.9 Å². The van der Waals surface area contributed by atoms with Crippen LogP contribution in [-0.2, 0) is 15.9 Å². The second kappa shape index (κ2) is 10.7. The minimum absolute atomic E-state index is 0.0793. The van der Waals surface area contributed by atoms with Crippen LogP contribution < -0.4 is 10.1 Å². The second-order valence-electron chi connectivity index (χ2n) is 10.3. The monoisotopic (exact) mass is 502 g/mol. The molecule has 8 heteroatoms. The lowest BCUT2D eigenvalue weighted by Crippen LogP contribution is -2.52. The first-order chi connectivity index (χ1) is 18.2. The smallest absolute Gasteiger partial charge is 0.232 e. The Bertz CT molecular complexity index is 1240. The van der Waals surface area contributed by atoms with Crippen LogP contribution in [-0.4, -0.2) is 64.6 Å². The van der Waals surface area contributed by atoms with Crippen molar-refractivity contribution < 1.29 is 19.3 Å². The Labute approximate surface area is 217 Å². The van der Waals surface area contributed by atoms with Crippen molar-refractivity contribution in [2.75, 3.05) is 20.4 Å². The molecule has 194 valence electrons. The Balaban J connectivity index is 1.14. The lowest BCUT2D eigenvalue weighted by atomic mass is 9.94. The van der Waals surface area contributed by atoms with Crippen molar-refractivity contribution >= 4 is 11.0 Å². The van der Waals surface area contributed by atoms with Gasteiger partial charge in [-0.3, -0.25) is 4.90 Å². The standard InChI is InChI=1S/C29H34N4O4/c1-35-28-15-30-24-9-5-8-23(29(24)32-28)26(34)16-33-21-10-11-22(33)14-20(13-21)31-25(27-17-36-18-37-27)12-19-6-3-2-4-7-19/h2-9,15,17,20-22,25-26,31,34H,10-14,16,18H2,1H3. The van der Waals surface area contributed by atoms with Crippen molar-refractivity contribution in [2.24, 2.45) is 0 Å². The first-order valence-corrected chi connectivity index (χ1v) is 13.2. The lowest BCUT2D eigenvalue weighted by Gasteiger charge is -2.41. The van der Waals surface area contributed by atoms with E-state index in [1.54, 1.807) is 19.6 Å². The molecule has 2 fully saturated rings. The predicted octanol–water partition coefficient (Wildman–Crippen LogP) is 3.71. The molecule has 2 N–H and O–H groups in total. The third-order valence-corrected chi connectivity index (χ3v) is 7.97. The quantitative estimate of drug-likeness (QED) is 0.458. The zero-order chi connectivity index (χ0) is 25.2. The van der Waals surface area contributed by atoms with Crippen molar-refractivity contribution in [1.29, 1.82) is 0 Å². The number of fused-ring (bicyclic) bond motifs is 3. The van der Waals surface area contributed by atoms with Gasteiger partial charge in [-0.05, 0) is 43.7 Å². The summed E-state index contributed by atoms with van der Waals surface area (Å²) in [6.45, 7) is 0.879. The van der Waals surface area contributed by atoms with E-state index in [1.807, 2.05) is 24.3 Å². The molecule has 1 aromatic heterocycles. The lowest BCUT2D eigenvalue weighted by molar-refractivity contribution is 0.0473. The largest absolute Gasteiger partial charge is 0.480 e. The molecule has 2 aromatic carbocycles. The van der Waals surface area contributed by atoms with E-state index in [1.165, 1.54) is 5.56 Å². The third kappa shape index (κ3) is 5.14. The molecule has 4 heterocycles. The summed E-state index contributed by atoms with van der Waals surface area (Å²) >= 11 is 0. The summed E-state index contributed by atoms with van der Waals surface area (Å²) in [5.74, 6) is 1.33. The summed E-state index contributed by atoms with van der Waals surface area (Å²) < 4.78 is 16.5. The number of aliphatic hydroxyl groups is 1. The number of hydrogen-bond donors (Lipinski definition) is 2. The molecule has 0 aliphatic carbocycles. The highest BCUT2D eigenvalue weighted by Gasteiger charge is 2.42. The minimum atomic E-state index is -0.641. The van der Waals surface area contributed by atoms with Gasteiger partial charge in [0, 0.05) is 30.2 Å². The van der Waals surface area contributed by atoms with Gasteiger partial charge < -0.3 is 24.6 Å². The molecule has 6 rings (SSSR count). The van der Waals surface area contributed by atoms with Gasteiger partial charge in [0.15, 0.2) is 5.76 Å². The van der Waals surface area contributed by atoms with Gasteiger partial charge in [0.2, 0.25) is 12.7 Å². The number of piperidine rings is 1. The molecule has 37 heavy (non-hydrogen) atoms. The number of nitrogens with zero attached hydrogens (tertiary/aromatic N) is 3. The maximum atomic E-state index is 11.3. The van der Waals surface area contributed by atoms with Crippen molar-refractivity contribution in [3.8, 4) is 5.88 Å². The molecule has 3 aliphatic rings. The number of ether oxygens (including phenoxy) is 3. The van der Waals surface area contributed by atoms with Gasteiger partial charge in [0.05, 0.1) is 36.5 Å². The summed E-state index contributed by atoms with van der Waals surface area (Å²) in [5, 5.41) is 15.2. The molecule has 0 saturated carbocycles. The summed E-state index contributed by atoms with van der Waals surface area (Å²) in [4.78, 5) is 11.5. The highest BCUT2D eigenvalue weighted by Crippen LogP contribution is 2.38. The van der Waals surface area contributed by atoms with Crippen LogP contribution >= 0.6 is 0 Å². The number of aliphatic hydroxyl groups excluding tert-OH is 1. The predicted molar refractivity (Wildman–Crippen MR) is 140 cm³/mol. The summed E-state index contributed by atoms with van der Waals surface area (Å²) in [7, 11) is 1.58. The van der Waals surface area contributed by atoms with Crippen LogP contribution in [0.4, 0.5) is 0 Å². The van der Waals surface area contributed by atoms with Crippen molar-refractivity contribution in [3.05, 3.63) is 77.9 Å². The van der Waals surface area contributed by atoms with Gasteiger partial charge in [-0.2, -0.15) is 0 Å². The molecule has 4 atom stereocenters. The van der Waals surface area contributed by atoms with Crippen LogP contribution in [0.5, 0.6) is 5.88 Å². The Hall–Kier alpha value is -3.20. The van der Waals surface area contributed by atoms with Gasteiger partial charge in [-0.15, -0.1) is 0 Å². The second-order valence-corrected chi connectivity index (χ2v) is 10.3. The summed E-state index contributed by atoms with van der Waals surface area (Å²) in [5.41, 5.74) is 3.54. The first kappa shape index (κ1) is 24.2. The van der Waals surface area contributed by atoms with E-state index in [2.05, 4.69) is 44.5 Å². The van der Waals surface area contributed by atoms with E-state index in [0.717, 1.165) is 48.9 Å². The molecule has 3 aromatic rings. The first-order valence-electron chi connectivity index (χ1n) is 13.2. The number of methoxy groups -OCH3 is 1. The van der Waals surface area contributed by atoms with Crippen LogP contribution in [0, 0.1) is 0 Å². The topological polar surface area (TPSA) is 89.0 Å². The van der Waals surface area contributed by atoms with Crippen molar-refractivity contribution in [3.63, 3.8) is 0 Å². The summed E-state index contributed by atoms with van der Waals surface area (Å²) in [6.07, 6.45) is 7.99. The van der Waals surface area contributed by atoms with E-state index in [-0.39, 0.29) is 12.8 Å². The average Bonchev–Trinajstić information content (AvgIpc) is 3.54. The summed E-state index contributed by atoms with van der Waals surface area (Å²) in [6, 6.07) is 17.7. The van der Waals surface area contributed by atoms with E-state index in [4.69, 9.17) is 14.2 Å². The zero-order valence-electron chi connectivity index (χ0n) is 21.1. The number of para-hydroxylation sites is 1. The van der Waals surface area contributed by atoms with E-state index in [0.29, 0.717) is 36.1 Å². The van der Waals surface area contributed by atoms with Gasteiger partial charge in [0.25, 0.3) is 0 Å². The molecule has 8 nitrogen and oxygen atoms in total. The maximum absolute atomic E-state index is 11.3. The third-order valence-electron chi connectivity index (χ3n) is 7.97. The molecule has 3 aliphatic heterocycles. The molecule has 0 amide bonds. The Morgan fingerprint density at radius 1 is 1.11 bits per heavy atom. The van der Waals surface area contributed by atoms with Crippen LogP contribution in [0.3, 0.4) is 0 Å². The highest BCUT2D eigenvalue weighted by atomic mass is 16.7. The van der Waals surface area contributed by atoms with Gasteiger partial charge in [-0.25, -0.2) is 9.97 Å². The zero-order valence-corrected chi connectivity index (χ0v) is 21.1. The molecule has 4 unspecified atom stereocenters. The molecular formula is C29H34N4O4. The Morgan fingerprint density at radius 2 is 1.92 bits per heavy atom. The van der Waals surface area contributed by atoms with Crippen molar-refractivity contribution in [1.82, 2.24) is 20.2 Å². The number of aromatic nitrogens is 2. The molecule has 0 spiro atoms.